The maximum atomic E-state index is 11.9. The van der Waals surface area contributed by atoms with Crippen LogP contribution in [0.3, 0.4) is 0 Å². The van der Waals surface area contributed by atoms with Crippen molar-refractivity contribution in [3.05, 3.63) is 28.7 Å². The van der Waals surface area contributed by atoms with Crippen LogP contribution in [0.2, 0.25) is 0 Å². The molecule has 0 heterocycles. The maximum Gasteiger partial charge on any atom is 0.306 e. The number of carbonyl (C=O) groups excluding carboxylic acids is 1. The highest BCUT2D eigenvalue weighted by Crippen LogP contribution is 2.28. The molecule has 1 saturated carbocycles. The molecule has 0 aromatic heterocycles. The Labute approximate surface area is 136 Å². The SMILES string of the molecule is O=C(CCSc1ccccc1Br)N[C@@H]1CC[C@H](C(=O)O)C1. The van der Waals surface area contributed by atoms with Crippen LogP contribution in [0.5, 0.6) is 0 Å². The van der Waals surface area contributed by atoms with Gasteiger partial charge in [-0.15, -0.1) is 11.8 Å². The van der Waals surface area contributed by atoms with Gasteiger partial charge in [0, 0.05) is 27.6 Å². The van der Waals surface area contributed by atoms with Crippen molar-refractivity contribution >= 4 is 39.6 Å². The lowest BCUT2D eigenvalue weighted by Crippen LogP contribution is -2.33. The predicted octanol–water partition coefficient (Wildman–Crippen LogP) is 3.30. The van der Waals surface area contributed by atoms with Gasteiger partial charge >= 0.3 is 5.97 Å². The van der Waals surface area contributed by atoms with Crippen LogP contribution in [0.15, 0.2) is 33.6 Å². The quantitative estimate of drug-likeness (QED) is 0.752. The first-order valence-electron chi connectivity index (χ1n) is 6.95. The Bertz CT molecular complexity index is 523. The van der Waals surface area contributed by atoms with Gasteiger partial charge in [0.2, 0.25) is 5.91 Å². The molecule has 4 nitrogen and oxygen atoms in total. The van der Waals surface area contributed by atoms with Crippen LogP contribution < -0.4 is 5.32 Å². The van der Waals surface area contributed by atoms with E-state index in [9.17, 15) is 9.59 Å². The minimum Gasteiger partial charge on any atom is -0.481 e. The van der Waals surface area contributed by atoms with Gasteiger partial charge in [-0.05, 0) is 47.3 Å². The highest BCUT2D eigenvalue weighted by molar-refractivity contribution is 9.10. The molecule has 1 aromatic rings. The second-order valence-electron chi connectivity index (χ2n) is 5.14. The minimum atomic E-state index is -0.753. The maximum absolute atomic E-state index is 11.9. The molecule has 21 heavy (non-hydrogen) atoms. The molecule has 0 bridgehead atoms. The third kappa shape index (κ3) is 5.04. The van der Waals surface area contributed by atoms with E-state index in [1.54, 1.807) is 11.8 Å². The average molecular weight is 372 g/mol. The Morgan fingerprint density at radius 3 is 2.76 bits per heavy atom. The van der Waals surface area contributed by atoms with Crippen molar-refractivity contribution in [1.29, 1.82) is 0 Å². The molecule has 0 spiro atoms. The lowest BCUT2D eigenvalue weighted by molar-refractivity contribution is -0.141. The van der Waals surface area contributed by atoms with Gasteiger partial charge in [-0.1, -0.05) is 12.1 Å². The third-order valence-electron chi connectivity index (χ3n) is 3.57. The van der Waals surface area contributed by atoms with E-state index in [1.807, 2.05) is 24.3 Å². The summed E-state index contributed by atoms with van der Waals surface area (Å²) in [4.78, 5) is 23.9. The number of thioether (sulfide) groups is 1. The van der Waals surface area contributed by atoms with E-state index < -0.39 is 5.97 Å². The number of hydrogen-bond donors (Lipinski definition) is 2. The first-order valence-corrected chi connectivity index (χ1v) is 8.73. The lowest BCUT2D eigenvalue weighted by Gasteiger charge is -2.12. The van der Waals surface area contributed by atoms with Crippen molar-refractivity contribution in [2.75, 3.05) is 5.75 Å². The summed E-state index contributed by atoms with van der Waals surface area (Å²) in [7, 11) is 0. The second kappa shape index (κ2) is 7.84. The summed E-state index contributed by atoms with van der Waals surface area (Å²) in [6.07, 6.45) is 2.42. The van der Waals surface area contributed by atoms with Crippen LogP contribution >= 0.6 is 27.7 Å². The lowest BCUT2D eigenvalue weighted by atomic mass is 10.1. The van der Waals surface area contributed by atoms with Gasteiger partial charge in [-0.3, -0.25) is 9.59 Å². The monoisotopic (exact) mass is 371 g/mol. The van der Waals surface area contributed by atoms with E-state index in [4.69, 9.17) is 5.11 Å². The first kappa shape index (κ1) is 16.4. The summed E-state index contributed by atoms with van der Waals surface area (Å²) in [5, 5.41) is 11.9. The van der Waals surface area contributed by atoms with Gasteiger partial charge in [0.15, 0.2) is 0 Å². The molecule has 2 atom stereocenters. The number of hydrogen-bond acceptors (Lipinski definition) is 3. The number of amides is 1. The fourth-order valence-corrected chi connectivity index (χ4v) is 3.97. The van der Waals surface area contributed by atoms with Crippen LogP contribution in [0, 0.1) is 5.92 Å². The van der Waals surface area contributed by atoms with E-state index in [2.05, 4.69) is 21.2 Å². The fourth-order valence-electron chi connectivity index (χ4n) is 2.45. The van der Waals surface area contributed by atoms with E-state index in [0.29, 0.717) is 25.0 Å². The number of carboxylic acid groups (broad SMARTS) is 1. The molecule has 1 fully saturated rings. The van der Waals surface area contributed by atoms with Gasteiger partial charge in [0.1, 0.15) is 0 Å². The summed E-state index contributed by atoms with van der Waals surface area (Å²) in [5.74, 6) is -0.337. The minimum absolute atomic E-state index is 0.00518. The molecule has 0 saturated heterocycles. The van der Waals surface area contributed by atoms with Crippen molar-refractivity contribution in [3.8, 4) is 0 Å². The molecular weight excluding hydrogens is 354 g/mol. The zero-order valence-electron chi connectivity index (χ0n) is 11.5. The zero-order valence-corrected chi connectivity index (χ0v) is 14.0. The van der Waals surface area contributed by atoms with Crippen molar-refractivity contribution in [2.45, 2.75) is 36.6 Å². The molecule has 1 amide bonds. The van der Waals surface area contributed by atoms with Crippen LogP contribution in [0.25, 0.3) is 0 Å². The largest absolute Gasteiger partial charge is 0.481 e. The Morgan fingerprint density at radius 2 is 2.10 bits per heavy atom. The predicted molar refractivity (Wildman–Crippen MR) is 86.4 cm³/mol. The van der Waals surface area contributed by atoms with E-state index in [0.717, 1.165) is 15.8 Å². The average Bonchev–Trinajstić information content (AvgIpc) is 2.89. The topological polar surface area (TPSA) is 66.4 Å². The Morgan fingerprint density at radius 1 is 1.33 bits per heavy atom. The number of nitrogens with one attached hydrogen (secondary N) is 1. The van der Waals surface area contributed by atoms with Gasteiger partial charge in [0.05, 0.1) is 5.92 Å². The fraction of sp³-hybridized carbons (Fsp3) is 0.467. The highest BCUT2D eigenvalue weighted by atomic mass is 79.9. The van der Waals surface area contributed by atoms with E-state index in [1.165, 1.54) is 0 Å². The smallest absolute Gasteiger partial charge is 0.306 e. The van der Waals surface area contributed by atoms with E-state index in [-0.39, 0.29) is 17.9 Å². The van der Waals surface area contributed by atoms with Gasteiger partial charge in [-0.2, -0.15) is 0 Å². The van der Waals surface area contributed by atoms with Crippen molar-refractivity contribution in [3.63, 3.8) is 0 Å². The van der Waals surface area contributed by atoms with E-state index >= 15 is 0 Å². The van der Waals surface area contributed by atoms with Crippen LogP contribution in [-0.4, -0.2) is 28.8 Å². The molecule has 0 aliphatic heterocycles. The Hall–Kier alpha value is -1.01. The highest BCUT2D eigenvalue weighted by Gasteiger charge is 2.30. The van der Waals surface area contributed by atoms with Gasteiger partial charge in [0.25, 0.3) is 0 Å². The summed E-state index contributed by atoms with van der Waals surface area (Å²) >= 11 is 5.11. The number of rotatable bonds is 6. The number of benzene rings is 1. The molecule has 2 rings (SSSR count). The normalized spacial score (nSPS) is 21.2. The number of halogens is 1. The van der Waals surface area contributed by atoms with Crippen molar-refractivity contribution in [2.24, 2.45) is 5.92 Å². The van der Waals surface area contributed by atoms with Crippen LogP contribution in [-0.2, 0) is 9.59 Å². The van der Waals surface area contributed by atoms with Crippen LogP contribution in [0.4, 0.5) is 0 Å². The summed E-state index contributed by atoms with van der Waals surface area (Å²) in [6.45, 7) is 0. The van der Waals surface area contributed by atoms with Crippen LogP contribution in [0.1, 0.15) is 25.7 Å². The molecule has 0 unspecified atom stereocenters. The molecule has 6 heteroatoms. The standard InChI is InChI=1S/C15H18BrNO3S/c16-12-3-1-2-4-13(12)21-8-7-14(18)17-11-6-5-10(9-11)15(19)20/h1-4,10-11H,5-9H2,(H,17,18)(H,19,20)/t10-,11+/m0/s1. The number of carboxylic acids is 1. The summed E-state index contributed by atoms with van der Waals surface area (Å²) in [6, 6.07) is 7.94. The Balaban J connectivity index is 1.69. The number of carbonyl (C=O) groups is 2. The first-order chi connectivity index (χ1) is 10.1. The molecule has 1 aromatic carbocycles. The molecule has 2 N–H and O–H groups in total. The summed E-state index contributed by atoms with van der Waals surface area (Å²) in [5.41, 5.74) is 0. The Kier molecular flexibility index (Phi) is 6.11. The second-order valence-corrected chi connectivity index (χ2v) is 7.13. The summed E-state index contributed by atoms with van der Waals surface area (Å²) < 4.78 is 1.04. The molecule has 0 radical (unpaired) electrons. The zero-order chi connectivity index (χ0) is 15.2. The number of aliphatic carboxylic acids is 1. The molecule has 1 aliphatic carbocycles. The van der Waals surface area contributed by atoms with Gasteiger partial charge < -0.3 is 10.4 Å². The molecule has 114 valence electrons. The van der Waals surface area contributed by atoms with Crippen molar-refractivity contribution < 1.29 is 14.7 Å². The van der Waals surface area contributed by atoms with Crippen molar-refractivity contribution in [1.82, 2.24) is 5.32 Å². The molecule has 1 aliphatic rings. The van der Waals surface area contributed by atoms with Gasteiger partial charge in [-0.25, -0.2) is 0 Å². The third-order valence-corrected chi connectivity index (χ3v) is 5.60. The molecular formula is C15H18BrNO3S.